The Kier molecular flexibility index (Phi) is 10.5. The van der Waals surface area contributed by atoms with Crippen LogP contribution in [0.2, 0.25) is 0 Å². The maximum Gasteiger partial charge on any atom is 0.0541 e. The second-order valence-electron chi connectivity index (χ2n) is 21.3. The Morgan fingerprint density at radius 3 is 0.825 bits per heavy atom. The molecule has 17 rings (SSSR count). The SMILES string of the molecule is Cc1ccc2c(-c3ccc4ccccc4c3)c3ccccc3c(-c3ccc4ccccc4c3)c2c1.c1ccc2c(c1)c1ccccc1n2-c1cc(-n2c3ccccc3c3ccccc32)cc(-n2c3ccccc3c3ccccc32)c1. The number of aryl methyl sites for hydroxylation is 1. The summed E-state index contributed by atoms with van der Waals surface area (Å²) in [5.74, 6) is 0. The second-order valence-corrected chi connectivity index (χ2v) is 21.3. The fourth-order valence-electron chi connectivity index (χ4n) is 13.2. The highest BCUT2D eigenvalue weighted by molar-refractivity contribution is 6.22. The van der Waals surface area contributed by atoms with E-state index in [1.54, 1.807) is 0 Å². The average molecular weight is 1020 g/mol. The lowest BCUT2D eigenvalue weighted by atomic mass is 9.84. The van der Waals surface area contributed by atoms with Gasteiger partial charge in [0.25, 0.3) is 0 Å². The minimum Gasteiger partial charge on any atom is -0.309 e. The Bertz CT molecular complexity index is 4860. The molecule has 0 spiro atoms. The number of hydrogen-bond donors (Lipinski definition) is 0. The average Bonchev–Trinajstić information content (AvgIpc) is 4.33. The van der Waals surface area contributed by atoms with Crippen molar-refractivity contribution in [3.8, 4) is 39.3 Å². The van der Waals surface area contributed by atoms with E-state index >= 15 is 0 Å². The van der Waals surface area contributed by atoms with Crippen LogP contribution in [0.5, 0.6) is 0 Å². The van der Waals surface area contributed by atoms with Gasteiger partial charge in [0.1, 0.15) is 0 Å². The maximum atomic E-state index is 2.43. The molecule has 0 saturated carbocycles. The molecule has 0 amide bonds. The lowest BCUT2D eigenvalue weighted by Gasteiger charge is -2.19. The van der Waals surface area contributed by atoms with Crippen LogP contribution in [0.25, 0.3) is 148 Å². The molecule has 0 fully saturated rings. The monoisotopic (exact) mass is 1020 g/mol. The van der Waals surface area contributed by atoms with Gasteiger partial charge in [-0.05, 0) is 139 Å². The van der Waals surface area contributed by atoms with Crippen LogP contribution in [0.3, 0.4) is 0 Å². The Morgan fingerprint density at radius 1 is 0.200 bits per heavy atom. The van der Waals surface area contributed by atoms with Gasteiger partial charge in [-0.25, -0.2) is 0 Å². The molecule has 0 unspecified atom stereocenters. The van der Waals surface area contributed by atoms with Gasteiger partial charge in [-0.15, -0.1) is 0 Å². The zero-order chi connectivity index (χ0) is 52.8. The highest BCUT2D eigenvalue weighted by Crippen LogP contribution is 2.46. The van der Waals surface area contributed by atoms with Crippen molar-refractivity contribution in [1.29, 1.82) is 0 Å². The van der Waals surface area contributed by atoms with Gasteiger partial charge < -0.3 is 13.7 Å². The van der Waals surface area contributed by atoms with Gasteiger partial charge in [-0.3, -0.25) is 0 Å². The van der Waals surface area contributed by atoms with E-state index < -0.39 is 0 Å². The highest BCUT2D eigenvalue weighted by Gasteiger charge is 2.21. The van der Waals surface area contributed by atoms with Crippen molar-refractivity contribution < 1.29 is 0 Å². The molecule has 80 heavy (non-hydrogen) atoms. The quantitative estimate of drug-likeness (QED) is 0.153. The van der Waals surface area contributed by atoms with E-state index in [0.717, 1.165) is 17.1 Å². The van der Waals surface area contributed by atoms with E-state index in [-0.39, 0.29) is 0 Å². The van der Waals surface area contributed by atoms with Crippen LogP contribution in [0.15, 0.2) is 291 Å². The predicted octanol–water partition coefficient (Wildman–Crippen LogP) is 20.9. The molecule has 3 heterocycles. The number of aromatic nitrogens is 3. The summed E-state index contributed by atoms with van der Waals surface area (Å²) in [5, 5.41) is 17.8. The molecule has 0 aliphatic rings. The summed E-state index contributed by atoms with van der Waals surface area (Å²) in [5.41, 5.74) is 17.0. The van der Waals surface area contributed by atoms with E-state index in [4.69, 9.17) is 0 Å². The molecule has 0 radical (unpaired) electrons. The number of nitrogens with zero attached hydrogens (tertiary/aromatic N) is 3. The third kappa shape index (κ3) is 7.21. The van der Waals surface area contributed by atoms with Gasteiger partial charge in [0.2, 0.25) is 0 Å². The first kappa shape index (κ1) is 45.7. The molecule has 0 atom stereocenters. The summed E-state index contributed by atoms with van der Waals surface area (Å²) >= 11 is 0. The van der Waals surface area contributed by atoms with Crippen LogP contribution < -0.4 is 0 Å². The number of hydrogen-bond acceptors (Lipinski definition) is 0. The van der Waals surface area contributed by atoms with Crippen LogP contribution in [-0.4, -0.2) is 13.7 Å². The summed E-state index contributed by atoms with van der Waals surface area (Å²) in [7, 11) is 0. The van der Waals surface area contributed by atoms with Crippen molar-refractivity contribution in [2.75, 3.05) is 0 Å². The Hall–Kier alpha value is -10.5. The Balaban J connectivity index is 0.000000137. The van der Waals surface area contributed by atoms with Crippen molar-refractivity contribution in [1.82, 2.24) is 13.7 Å². The van der Waals surface area contributed by atoms with Crippen molar-refractivity contribution in [2.24, 2.45) is 0 Å². The second kappa shape index (κ2) is 18.3. The summed E-state index contributed by atoms with van der Waals surface area (Å²) in [6, 6.07) is 106. The first-order chi connectivity index (χ1) is 39.6. The number of rotatable bonds is 5. The van der Waals surface area contributed by atoms with E-state index in [2.05, 4.69) is 312 Å². The van der Waals surface area contributed by atoms with E-state index in [1.165, 1.54) is 136 Å². The predicted molar refractivity (Wildman–Crippen MR) is 342 cm³/mol. The number of para-hydroxylation sites is 6. The molecule has 0 N–H and O–H groups in total. The number of benzene rings is 14. The maximum absolute atomic E-state index is 2.43. The molecule has 17 aromatic rings. The molecule has 3 aromatic heterocycles. The van der Waals surface area contributed by atoms with Gasteiger partial charge in [0.05, 0.1) is 50.2 Å². The molecule has 0 saturated heterocycles. The summed E-state index contributed by atoms with van der Waals surface area (Å²) in [6.45, 7) is 2.19. The van der Waals surface area contributed by atoms with Gasteiger partial charge in [0.15, 0.2) is 0 Å². The standard InChI is InChI=1S/C42H27N3.C35H24/c1-7-19-37-31(13-1)32-14-2-8-20-38(32)43(37)28-25-29(44-39-21-9-3-15-33(39)34-16-4-10-22-40(34)44)27-30(26-28)45-41-23-11-5-17-35(41)36-18-6-12-24-42(36)45;1-23-14-19-32-33(20-23)35(29-18-16-25-9-3-5-11-27(25)22-29)31-13-7-6-12-30(31)34(32)28-17-15-24-8-2-4-10-26(24)21-28/h1-27H;2-22H,1H3. The zero-order valence-corrected chi connectivity index (χ0v) is 44.1. The van der Waals surface area contributed by atoms with Crippen LogP contribution in [0.1, 0.15) is 5.56 Å². The van der Waals surface area contributed by atoms with Crippen molar-refractivity contribution in [3.63, 3.8) is 0 Å². The molecule has 3 nitrogen and oxygen atoms in total. The molecule has 3 heteroatoms. The smallest absolute Gasteiger partial charge is 0.0541 e. The van der Waals surface area contributed by atoms with Gasteiger partial charge in [-0.2, -0.15) is 0 Å². The van der Waals surface area contributed by atoms with Crippen LogP contribution >= 0.6 is 0 Å². The molecule has 374 valence electrons. The van der Waals surface area contributed by atoms with E-state index in [1.807, 2.05) is 0 Å². The first-order valence-electron chi connectivity index (χ1n) is 27.7. The third-order valence-corrected chi connectivity index (χ3v) is 16.7. The lowest BCUT2D eigenvalue weighted by Crippen LogP contribution is -2.03. The molecular weight excluding hydrogens is 967 g/mol. The summed E-state index contributed by atoms with van der Waals surface area (Å²) < 4.78 is 7.29. The van der Waals surface area contributed by atoms with Gasteiger partial charge in [0, 0.05) is 32.3 Å². The van der Waals surface area contributed by atoms with Gasteiger partial charge in [-0.1, -0.05) is 230 Å². The Morgan fingerprint density at radius 2 is 0.475 bits per heavy atom. The normalized spacial score (nSPS) is 11.8. The fourth-order valence-corrected chi connectivity index (χ4v) is 13.2. The highest BCUT2D eigenvalue weighted by atomic mass is 15.0. The van der Waals surface area contributed by atoms with Crippen molar-refractivity contribution in [3.05, 3.63) is 297 Å². The fraction of sp³-hybridized carbons (Fsp3) is 0.0130. The van der Waals surface area contributed by atoms with Crippen LogP contribution in [-0.2, 0) is 0 Å². The van der Waals surface area contributed by atoms with Crippen LogP contribution in [0.4, 0.5) is 0 Å². The molecule has 14 aromatic carbocycles. The molecular formula is C77H51N3. The topological polar surface area (TPSA) is 14.8 Å². The summed E-state index contributed by atoms with van der Waals surface area (Å²) in [6.07, 6.45) is 0. The van der Waals surface area contributed by atoms with E-state index in [9.17, 15) is 0 Å². The minimum absolute atomic E-state index is 1.13. The van der Waals surface area contributed by atoms with Gasteiger partial charge >= 0.3 is 0 Å². The van der Waals surface area contributed by atoms with Crippen molar-refractivity contribution in [2.45, 2.75) is 6.92 Å². The minimum atomic E-state index is 1.13. The zero-order valence-electron chi connectivity index (χ0n) is 44.1. The molecule has 0 bridgehead atoms. The number of fused-ring (bicyclic) bond motifs is 13. The van der Waals surface area contributed by atoms with Crippen LogP contribution in [0, 0.1) is 6.92 Å². The third-order valence-electron chi connectivity index (χ3n) is 16.7. The largest absolute Gasteiger partial charge is 0.309 e. The summed E-state index contributed by atoms with van der Waals surface area (Å²) in [4.78, 5) is 0. The Labute approximate surface area is 462 Å². The van der Waals surface area contributed by atoms with Crippen molar-refractivity contribution >= 4 is 109 Å². The molecule has 0 aliphatic heterocycles. The van der Waals surface area contributed by atoms with E-state index in [0.29, 0.717) is 0 Å². The first-order valence-corrected chi connectivity index (χ1v) is 27.7. The lowest BCUT2D eigenvalue weighted by molar-refractivity contribution is 1.10. The molecule has 0 aliphatic carbocycles.